The molecule has 0 spiro atoms. The van der Waals surface area contributed by atoms with Crippen molar-refractivity contribution in [2.45, 2.75) is 19.9 Å². The molecule has 0 aliphatic heterocycles. The molecule has 0 amide bonds. The van der Waals surface area contributed by atoms with Crippen LogP contribution in [0.2, 0.25) is 5.02 Å². The van der Waals surface area contributed by atoms with Gasteiger partial charge in [0.25, 0.3) is 0 Å². The first-order valence-corrected chi connectivity index (χ1v) is 6.92. The first-order chi connectivity index (χ1) is 8.69. The minimum Gasteiger partial charge on any atom is -0.493 e. The second-order valence-corrected chi connectivity index (χ2v) is 5.48. The molecule has 3 nitrogen and oxygen atoms in total. The van der Waals surface area contributed by atoms with Crippen molar-refractivity contribution >= 4 is 22.9 Å². The molecule has 0 aliphatic carbocycles. The maximum absolute atomic E-state index is 5.80. The summed E-state index contributed by atoms with van der Waals surface area (Å²) in [6, 6.07) is 7.36. The maximum atomic E-state index is 5.80. The first-order valence-electron chi connectivity index (χ1n) is 5.72. The van der Waals surface area contributed by atoms with E-state index >= 15 is 0 Å². The minimum atomic E-state index is 0.557. The lowest BCUT2D eigenvalue weighted by atomic mass is 10.3. The molecule has 5 heteroatoms. The molecule has 0 atom stereocenters. The normalized spacial score (nSPS) is 10.6. The molecule has 0 radical (unpaired) electrons. The Morgan fingerprint density at radius 2 is 2.06 bits per heavy atom. The van der Waals surface area contributed by atoms with Gasteiger partial charge in [0.2, 0.25) is 0 Å². The van der Waals surface area contributed by atoms with E-state index in [1.165, 1.54) is 0 Å². The lowest BCUT2D eigenvalue weighted by Crippen LogP contribution is -2.00. The monoisotopic (exact) mass is 282 g/mol. The van der Waals surface area contributed by atoms with E-state index in [9.17, 15) is 0 Å². The van der Waals surface area contributed by atoms with Crippen LogP contribution in [0, 0.1) is 6.92 Å². The van der Waals surface area contributed by atoms with Crippen molar-refractivity contribution in [3.05, 3.63) is 44.9 Å². The standard InChI is InChI=1S/C13H15ClN2OS/c1-9-12(8-15)18-13(16-9)6-7-17-11-4-2-10(14)3-5-11/h2-5H,6-8,15H2,1H3. The Morgan fingerprint density at radius 1 is 1.33 bits per heavy atom. The zero-order valence-electron chi connectivity index (χ0n) is 10.1. The first kappa shape index (κ1) is 13.3. The van der Waals surface area contributed by atoms with Crippen LogP contribution < -0.4 is 10.5 Å². The van der Waals surface area contributed by atoms with Gasteiger partial charge in [0, 0.05) is 22.9 Å². The number of halogens is 1. The van der Waals surface area contributed by atoms with Crippen molar-refractivity contribution < 1.29 is 4.74 Å². The molecule has 2 N–H and O–H groups in total. The van der Waals surface area contributed by atoms with Crippen molar-refractivity contribution in [1.82, 2.24) is 4.98 Å². The van der Waals surface area contributed by atoms with Crippen LogP contribution in [-0.4, -0.2) is 11.6 Å². The number of hydrogen-bond donors (Lipinski definition) is 1. The Labute approximate surface area is 116 Å². The summed E-state index contributed by atoms with van der Waals surface area (Å²) in [5, 5.41) is 1.78. The van der Waals surface area contributed by atoms with Crippen molar-refractivity contribution in [3.63, 3.8) is 0 Å². The molecule has 1 aromatic carbocycles. The van der Waals surface area contributed by atoms with Gasteiger partial charge in [0.15, 0.2) is 0 Å². The smallest absolute Gasteiger partial charge is 0.119 e. The summed E-state index contributed by atoms with van der Waals surface area (Å²) in [6.45, 7) is 3.16. The highest BCUT2D eigenvalue weighted by atomic mass is 35.5. The number of aryl methyl sites for hydroxylation is 1. The molecule has 1 heterocycles. The molecule has 0 fully saturated rings. The van der Waals surface area contributed by atoms with Gasteiger partial charge in [-0.05, 0) is 31.2 Å². The molecule has 1 aromatic heterocycles. The Kier molecular flexibility index (Phi) is 4.58. The molecule has 96 valence electrons. The fraction of sp³-hybridized carbons (Fsp3) is 0.308. The number of nitrogens with two attached hydrogens (primary N) is 1. The van der Waals surface area contributed by atoms with E-state index in [2.05, 4.69) is 4.98 Å². The van der Waals surface area contributed by atoms with E-state index < -0.39 is 0 Å². The number of benzene rings is 1. The molecule has 2 aromatic rings. The van der Waals surface area contributed by atoms with Gasteiger partial charge < -0.3 is 10.5 Å². The molecule has 0 unspecified atom stereocenters. The van der Waals surface area contributed by atoms with Gasteiger partial charge in [-0.1, -0.05) is 11.6 Å². The molecule has 0 saturated heterocycles. The van der Waals surface area contributed by atoms with Gasteiger partial charge in [-0.15, -0.1) is 11.3 Å². The summed E-state index contributed by atoms with van der Waals surface area (Å²) in [7, 11) is 0. The molecule has 0 aliphatic rings. The summed E-state index contributed by atoms with van der Waals surface area (Å²) in [5.41, 5.74) is 6.66. The minimum absolute atomic E-state index is 0.557. The number of ether oxygens (including phenoxy) is 1. The second kappa shape index (κ2) is 6.18. The Morgan fingerprint density at radius 3 is 2.67 bits per heavy atom. The molecule has 0 saturated carbocycles. The highest BCUT2D eigenvalue weighted by molar-refractivity contribution is 7.11. The van der Waals surface area contributed by atoms with Crippen LogP contribution in [0.15, 0.2) is 24.3 Å². The van der Waals surface area contributed by atoms with Gasteiger partial charge in [0.1, 0.15) is 5.75 Å². The van der Waals surface area contributed by atoms with E-state index in [4.69, 9.17) is 22.1 Å². The molecule has 0 bridgehead atoms. The van der Waals surface area contributed by atoms with Crippen LogP contribution in [0.5, 0.6) is 5.75 Å². The number of nitrogens with zero attached hydrogens (tertiary/aromatic N) is 1. The van der Waals surface area contributed by atoms with E-state index in [1.807, 2.05) is 31.2 Å². The number of aromatic nitrogens is 1. The van der Waals surface area contributed by atoms with Crippen molar-refractivity contribution in [1.29, 1.82) is 0 Å². The van der Waals surface area contributed by atoms with Crippen molar-refractivity contribution in [2.24, 2.45) is 5.73 Å². The molecular formula is C13H15ClN2OS. The summed E-state index contributed by atoms with van der Waals surface area (Å²) in [6.07, 6.45) is 0.800. The average Bonchev–Trinajstić information content (AvgIpc) is 2.72. The quantitative estimate of drug-likeness (QED) is 0.916. The maximum Gasteiger partial charge on any atom is 0.119 e. The van der Waals surface area contributed by atoms with Gasteiger partial charge >= 0.3 is 0 Å². The number of hydrogen-bond acceptors (Lipinski definition) is 4. The summed E-state index contributed by atoms with van der Waals surface area (Å²) in [4.78, 5) is 5.61. The summed E-state index contributed by atoms with van der Waals surface area (Å²) < 4.78 is 5.62. The zero-order valence-corrected chi connectivity index (χ0v) is 11.7. The molecular weight excluding hydrogens is 268 g/mol. The van der Waals surface area contributed by atoms with E-state index in [1.54, 1.807) is 11.3 Å². The van der Waals surface area contributed by atoms with Gasteiger partial charge in [-0.25, -0.2) is 4.98 Å². The third-order valence-corrected chi connectivity index (χ3v) is 4.01. The lowest BCUT2D eigenvalue weighted by molar-refractivity contribution is 0.321. The second-order valence-electron chi connectivity index (χ2n) is 3.87. The van der Waals surface area contributed by atoms with Crippen molar-refractivity contribution in [3.8, 4) is 5.75 Å². The average molecular weight is 283 g/mol. The Hall–Kier alpha value is -1.10. The van der Waals surface area contributed by atoms with Crippen molar-refractivity contribution in [2.75, 3.05) is 6.61 Å². The van der Waals surface area contributed by atoms with Gasteiger partial charge in [0.05, 0.1) is 17.3 Å². The van der Waals surface area contributed by atoms with Gasteiger partial charge in [-0.3, -0.25) is 0 Å². The lowest BCUT2D eigenvalue weighted by Gasteiger charge is -2.04. The van der Waals surface area contributed by atoms with Crippen LogP contribution in [-0.2, 0) is 13.0 Å². The van der Waals surface area contributed by atoms with E-state index in [0.29, 0.717) is 18.2 Å². The Bertz CT molecular complexity index is 510. The predicted octanol–water partition coefficient (Wildman–Crippen LogP) is 3.19. The fourth-order valence-corrected chi connectivity index (χ4v) is 2.63. The molecule has 2 rings (SSSR count). The van der Waals surface area contributed by atoms with E-state index in [-0.39, 0.29) is 0 Å². The largest absolute Gasteiger partial charge is 0.493 e. The van der Waals surface area contributed by atoms with Crippen LogP contribution in [0.4, 0.5) is 0 Å². The van der Waals surface area contributed by atoms with Crippen LogP contribution >= 0.6 is 22.9 Å². The predicted molar refractivity (Wildman–Crippen MR) is 75.4 cm³/mol. The molecule has 18 heavy (non-hydrogen) atoms. The highest BCUT2D eigenvalue weighted by Crippen LogP contribution is 2.19. The summed E-state index contributed by atoms with van der Waals surface area (Å²) >= 11 is 7.46. The fourth-order valence-electron chi connectivity index (χ4n) is 1.57. The van der Waals surface area contributed by atoms with Gasteiger partial charge in [-0.2, -0.15) is 0 Å². The topological polar surface area (TPSA) is 48.1 Å². The Balaban J connectivity index is 1.86. The highest BCUT2D eigenvalue weighted by Gasteiger charge is 2.06. The summed E-state index contributed by atoms with van der Waals surface area (Å²) in [5.74, 6) is 0.826. The zero-order chi connectivity index (χ0) is 13.0. The van der Waals surface area contributed by atoms with Crippen LogP contribution in [0.3, 0.4) is 0 Å². The van der Waals surface area contributed by atoms with E-state index in [0.717, 1.165) is 27.7 Å². The number of rotatable bonds is 5. The third-order valence-electron chi connectivity index (χ3n) is 2.52. The van der Waals surface area contributed by atoms with Crippen LogP contribution in [0.25, 0.3) is 0 Å². The number of thiazole rings is 1. The third kappa shape index (κ3) is 3.45. The SMILES string of the molecule is Cc1nc(CCOc2ccc(Cl)cc2)sc1CN. The van der Waals surface area contributed by atoms with Crippen LogP contribution in [0.1, 0.15) is 15.6 Å².